The summed E-state index contributed by atoms with van der Waals surface area (Å²) in [6, 6.07) is 9.30. The van der Waals surface area contributed by atoms with E-state index in [-0.39, 0.29) is 24.8 Å². The molecule has 1 aliphatic rings. The first-order valence-corrected chi connectivity index (χ1v) is 9.61. The molecule has 1 aliphatic heterocycles. The molecule has 0 aromatic heterocycles. The van der Waals surface area contributed by atoms with Gasteiger partial charge in [0, 0.05) is 22.9 Å². The minimum atomic E-state index is -4.68. The first-order valence-electron chi connectivity index (χ1n) is 8.82. The Balaban J connectivity index is 1.78. The van der Waals surface area contributed by atoms with Crippen molar-refractivity contribution in [3.05, 3.63) is 63.9 Å². The molecular formula is C20H18BrF4NO3. The third-order valence-corrected chi connectivity index (χ3v) is 5.56. The van der Waals surface area contributed by atoms with Crippen LogP contribution in [0.4, 0.5) is 23.2 Å². The summed E-state index contributed by atoms with van der Waals surface area (Å²) in [6.07, 6.45) is -4.68. The molecule has 2 N–H and O–H groups in total. The zero-order valence-corrected chi connectivity index (χ0v) is 16.6. The number of ether oxygens (including phenoxy) is 1. The fourth-order valence-electron chi connectivity index (χ4n) is 3.45. The number of carbonyl (C=O) groups excluding carboxylic acids is 1. The van der Waals surface area contributed by atoms with E-state index >= 15 is 0 Å². The second kappa shape index (κ2) is 8.81. The molecular weight excluding hydrogens is 458 g/mol. The number of rotatable bonds is 4. The van der Waals surface area contributed by atoms with E-state index in [1.54, 1.807) is 0 Å². The van der Waals surface area contributed by atoms with E-state index in [1.165, 1.54) is 0 Å². The molecule has 4 nitrogen and oxygen atoms in total. The molecule has 2 aromatic rings. The van der Waals surface area contributed by atoms with Gasteiger partial charge in [0.25, 0.3) is 0 Å². The highest BCUT2D eigenvalue weighted by molar-refractivity contribution is 9.10. The maximum atomic E-state index is 14.1. The summed E-state index contributed by atoms with van der Waals surface area (Å²) in [4.78, 5) is 12.7. The Labute approximate surface area is 173 Å². The molecule has 0 radical (unpaired) electrons. The van der Waals surface area contributed by atoms with E-state index in [0.717, 1.165) is 16.1 Å². The number of aliphatic hydroxyl groups is 1. The van der Waals surface area contributed by atoms with Crippen molar-refractivity contribution in [3.63, 3.8) is 0 Å². The third kappa shape index (κ3) is 4.96. The summed E-state index contributed by atoms with van der Waals surface area (Å²) in [7, 11) is 0. The average molecular weight is 476 g/mol. The van der Waals surface area contributed by atoms with E-state index in [1.807, 2.05) is 24.3 Å². The molecule has 156 valence electrons. The van der Waals surface area contributed by atoms with Crippen LogP contribution in [0.2, 0.25) is 0 Å². The molecule has 0 spiro atoms. The number of anilines is 1. The standard InChI is InChI=1S/C20H18BrF4NO3/c21-13-4-1-11(2-5-13)15-9-29-10-16(14(15)8-27)19(28)26-18-6-3-12(7-17(18)22)20(23,24)25/h1-7,14-16,27H,8-10H2,(H,26,28). The summed E-state index contributed by atoms with van der Waals surface area (Å²) in [5.41, 5.74) is -0.617. The van der Waals surface area contributed by atoms with E-state index < -0.39 is 35.3 Å². The number of amides is 1. The molecule has 29 heavy (non-hydrogen) atoms. The third-order valence-electron chi connectivity index (χ3n) is 5.03. The minimum Gasteiger partial charge on any atom is -0.396 e. The van der Waals surface area contributed by atoms with Crippen LogP contribution in [0.25, 0.3) is 0 Å². The molecule has 3 rings (SSSR count). The Kier molecular flexibility index (Phi) is 6.60. The van der Waals surface area contributed by atoms with Gasteiger partial charge in [-0.1, -0.05) is 28.1 Å². The highest BCUT2D eigenvalue weighted by atomic mass is 79.9. The zero-order valence-electron chi connectivity index (χ0n) is 15.0. The summed E-state index contributed by atoms with van der Waals surface area (Å²) >= 11 is 3.35. The summed E-state index contributed by atoms with van der Waals surface area (Å²) in [6.45, 7) is 0.0370. The molecule has 9 heteroatoms. The molecule has 1 amide bonds. The normalized spacial score (nSPS) is 22.3. The van der Waals surface area contributed by atoms with E-state index in [2.05, 4.69) is 21.2 Å². The zero-order chi connectivity index (χ0) is 21.2. The van der Waals surface area contributed by atoms with Crippen molar-refractivity contribution in [3.8, 4) is 0 Å². The molecule has 3 unspecified atom stereocenters. The van der Waals surface area contributed by atoms with Gasteiger partial charge in [0.1, 0.15) is 5.82 Å². The van der Waals surface area contributed by atoms with E-state index in [4.69, 9.17) is 4.74 Å². The van der Waals surface area contributed by atoms with Crippen LogP contribution >= 0.6 is 15.9 Å². The Morgan fingerprint density at radius 1 is 1.17 bits per heavy atom. The second-order valence-corrected chi connectivity index (χ2v) is 7.75. The Morgan fingerprint density at radius 3 is 2.45 bits per heavy atom. The van der Waals surface area contributed by atoms with Gasteiger partial charge in [-0.2, -0.15) is 13.2 Å². The van der Waals surface area contributed by atoms with Crippen molar-refractivity contribution in [2.45, 2.75) is 12.1 Å². The Bertz CT molecular complexity index is 873. The molecule has 0 aliphatic carbocycles. The number of hydrogen-bond donors (Lipinski definition) is 2. The maximum absolute atomic E-state index is 14.1. The van der Waals surface area contributed by atoms with Gasteiger partial charge in [-0.05, 0) is 35.9 Å². The lowest BCUT2D eigenvalue weighted by Crippen LogP contribution is -2.43. The van der Waals surface area contributed by atoms with Gasteiger partial charge in [-0.15, -0.1) is 0 Å². The van der Waals surface area contributed by atoms with Crippen molar-refractivity contribution in [1.82, 2.24) is 0 Å². The SMILES string of the molecule is O=C(Nc1ccc(C(F)(F)F)cc1F)C1COCC(c2ccc(Br)cc2)C1CO. The van der Waals surface area contributed by atoms with E-state index in [9.17, 15) is 27.5 Å². The van der Waals surface area contributed by atoms with Crippen molar-refractivity contribution < 1.29 is 32.2 Å². The van der Waals surface area contributed by atoms with Gasteiger partial charge in [0.15, 0.2) is 0 Å². The molecule has 2 aromatic carbocycles. The number of alkyl halides is 3. The van der Waals surface area contributed by atoms with Gasteiger partial charge in [0.05, 0.1) is 30.4 Å². The van der Waals surface area contributed by atoms with Crippen molar-refractivity contribution in [1.29, 1.82) is 0 Å². The van der Waals surface area contributed by atoms with Crippen LogP contribution in [-0.4, -0.2) is 30.8 Å². The number of nitrogens with one attached hydrogen (secondary N) is 1. The van der Waals surface area contributed by atoms with Crippen LogP contribution in [0.5, 0.6) is 0 Å². The Morgan fingerprint density at radius 2 is 1.86 bits per heavy atom. The lowest BCUT2D eigenvalue weighted by atomic mass is 9.77. The smallest absolute Gasteiger partial charge is 0.396 e. The highest BCUT2D eigenvalue weighted by Crippen LogP contribution is 2.36. The minimum absolute atomic E-state index is 0.0202. The van der Waals surface area contributed by atoms with Gasteiger partial charge < -0.3 is 15.2 Å². The van der Waals surface area contributed by atoms with Crippen LogP contribution in [0, 0.1) is 17.7 Å². The van der Waals surface area contributed by atoms with Crippen LogP contribution in [0.15, 0.2) is 46.9 Å². The molecule has 1 fully saturated rings. The summed E-state index contributed by atoms with van der Waals surface area (Å²) in [5.74, 6) is -3.33. The Hall–Kier alpha value is -1.97. The van der Waals surface area contributed by atoms with Crippen LogP contribution in [-0.2, 0) is 15.7 Å². The number of hydrogen-bond acceptors (Lipinski definition) is 3. The van der Waals surface area contributed by atoms with Gasteiger partial charge in [-0.3, -0.25) is 4.79 Å². The number of carbonyl (C=O) groups is 1. The lowest BCUT2D eigenvalue weighted by Gasteiger charge is -2.36. The van der Waals surface area contributed by atoms with Crippen LogP contribution < -0.4 is 5.32 Å². The number of aliphatic hydroxyl groups excluding tert-OH is 1. The number of halogens is 5. The molecule has 0 saturated carbocycles. The molecule has 0 bridgehead atoms. The average Bonchev–Trinajstić information content (AvgIpc) is 2.68. The quantitative estimate of drug-likeness (QED) is 0.636. The summed E-state index contributed by atoms with van der Waals surface area (Å²) < 4.78 is 58.5. The monoisotopic (exact) mass is 475 g/mol. The first kappa shape index (κ1) is 21.7. The second-order valence-electron chi connectivity index (χ2n) is 6.83. The van der Waals surface area contributed by atoms with Crippen LogP contribution in [0.3, 0.4) is 0 Å². The molecule has 1 saturated heterocycles. The largest absolute Gasteiger partial charge is 0.416 e. The van der Waals surface area contributed by atoms with Crippen molar-refractivity contribution in [2.75, 3.05) is 25.1 Å². The first-order chi connectivity index (χ1) is 13.7. The fraction of sp³-hybridized carbons (Fsp3) is 0.350. The highest BCUT2D eigenvalue weighted by Gasteiger charge is 2.39. The van der Waals surface area contributed by atoms with Gasteiger partial charge in [0.2, 0.25) is 5.91 Å². The fourth-order valence-corrected chi connectivity index (χ4v) is 3.71. The van der Waals surface area contributed by atoms with Gasteiger partial charge in [-0.25, -0.2) is 4.39 Å². The predicted octanol–water partition coefficient (Wildman–Crippen LogP) is 4.58. The lowest BCUT2D eigenvalue weighted by molar-refractivity contribution is -0.137. The molecule has 3 atom stereocenters. The van der Waals surface area contributed by atoms with Crippen molar-refractivity contribution >= 4 is 27.5 Å². The predicted molar refractivity (Wildman–Crippen MR) is 102 cm³/mol. The van der Waals surface area contributed by atoms with Crippen LogP contribution in [0.1, 0.15) is 17.0 Å². The van der Waals surface area contributed by atoms with Gasteiger partial charge >= 0.3 is 6.18 Å². The topological polar surface area (TPSA) is 58.6 Å². The molecule has 1 heterocycles. The maximum Gasteiger partial charge on any atom is 0.416 e. The number of benzene rings is 2. The van der Waals surface area contributed by atoms with E-state index in [0.29, 0.717) is 18.7 Å². The summed E-state index contributed by atoms with van der Waals surface area (Å²) in [5, 5.41) is 12.2. The van der Waals surface area contributed by atoms with Crippen molar-refractivity contribution in [2.24, 2.45) is 11.8 Å².